The third-order valence-electron chi connectivity index (χ3n) is 3.96. The van der Waals surface area contributed by atoms with Crippen molar-refractivity contribution in [3.8, 4) is 0 Å². The van der Waals surface area contributed by atoms with Gasteiger partial charge in [0.05, 0.1) is 11.0 Å². The predicted molar refractivity (Wildman–Crippen MR) is 108 cm³/mol. The van der Waals surface area contributed by atoms with Crippen molar-refractivity contribution in [2.75, 3.05) is 7.05 Å². The second kappa shape index (κ2) is 8.55. The number of carbonyl (C=O) groups excluding carboxylic acids is 2. The highest BCUT2D eigenvalue weighted by Crippen LogP contribution is 2.36. The van der Waals surface area contributed by atoms with Gasteiger partial charge in [0.25, 0.3) is 0 Å². The Morgan fingerprint density at radius 1 is 1.19 bits per heavy atom. The van der Waals surface area contributed by atoms with Crippen molar-refractivity contribution in [1.82, 2.24) is 20.2 Å². The summed E-state index contributed by atoms with van der Waals surface area (Å²) in [7, 11) is 1.47. The number of imidazole rings is 1. The standard InChI is InChI=1S/C20H20N4O2S/c1-3-13-24-16-12-8-7-11-15(16)22-20(24)27-17(14-9-5-4-6-10-14)18(25)23-19(26)21-2/h3-12,17H,1,13H2,2H3,(H2,21,23,25,26)/t17-/m0/s1. The number of benzene rings is 2. The number of imide groups is 1. The van der Waals surface area contributed by atoms with Crippen molar-refractivity contribution in [2.24, 2.45) is 0 Å². The van der Waals surface area contributed by atoms with Crippen LogP contribution in [-0.2, 0) is 11.3 Å². The highest BCUT2D eigenvalue weighted by molar-refractivity contribution is 8.00. The van der Waals surface area contributed by atoms with E-state index in [0.29, 0.717) is 11.7 Å². The number of carbonyl (C=O) groups is 2. The molecule has 0 bridgehead atoms. The van der Waals surface area contributed by atoms with Gasteiger partial charge in [-0.25, -0.2) is 9.78 Å². The first kappa shape index (κ1) is 18.7. The molecule has 0 aliphatic carbocycles. The first-order valence-corrected chi connectivity index (χ1v) is 9.32. The summed E-state index contributed by atoms with van der Waals surface area (Å²) < 4.78 is 2.01. The lowest BCUT2D eigenvalue weighted by Crippen LogP contribution is -2.39. The van der Waals surface area contributed by atoms with Crippen LogP contribution in [0.15, 0.2) is 72.4 Å². The first-order valence-electron chi connectivity index (χ1n) is 8.44. The molecule has 0 aliphatic heterocycles. The Balaban J connectivity index is 2.00. The lowest BCUT2D eigenvalue weighted by Gasteiger charge is -2.16. The number of rotatable bonds is 6. The number of thioether (sulfide) groups is 1. The molecule has 1 aromatic heterocycles. The molecule has 7 heteroatoms. The molecule has 0 spiro atoms. The van der Waals surface area contributed by atoms with Crippen LogP contribution in [0.3, 0.4) is 0 Å². The first-order chi connectivity index (χ1) is 13.1. The van der Waals surface area contributed by atoms with E-state index in [1.54, 1.807) is 6.08 Å². The fraction of sp³-hybridized carbons (Fsp3) is 0.150. The van der Waals surface area contributed by atoms with Crippen LogP contribution >= 0.6 is 11.8 Å². The van der Waals surface area contributed by atoms with Gasteiger partial charge in [-0.05, 0) is 17.7 Å². The smallest absolute Gasteiger partial charge is 0.321 e. The van der Waals surface area contributed by atoms with E-state index >= 15 is 0 Å². The van der Waals surface area contributed by atoms with Crippen molar-refractivity contribution >= 4 is 34.7 Å². The summed E-state index contributed by atoms with van der Waals surface area (Å²) in [5, 5.41) is 4.84. The fourth-order valence-electron chi connectivity index (χ4n) is 2.70. The van der Waals surface area contributed by atoms with Gasteiger partial charge in [0.2, 0.25) is 5.91 Å². The number of hydrogen-bond acceptors (Lipinski definition) is 4. The van der Waals surface area contributed by atoms with Gasteiger partial charge < -0.3 is 9.88 Å². The molecule has 27 heavy (non-hydrogen) atoms. The summed E-state index contributed by atoms with van der Waals surface area (Å²) >= 11 is 1.31. The van der Waals surface area contributed by atoms with E-state index in [4.69, 9.17) is 0 Å². The molecule has 6 nitrogen and oxygen atoms in total. The number of hydrogen-bond donors (Lipinski definition) is 2. The quantitative estimate of drug-likeness (QED) is 0.507. The summed E-state index contributed by atoms with van der Waals surface area (Å²) in [5.74, 6) is -0.400. The monoisotopic (exact) mass is 380 g/mol. The van der Waals surface area contributed by atoms with Crippen LogP contribution in [0, 0.1) is 0 Å². The molecule has 2 aromatic carbocycles. The zero-order valence-corrected chi connectivity index (χ0v) is 15.7. The third-order valence-corrected chi connectivity index (χ3v) is 5.20. The van der Waals surface area contributed by atoms with Crippen LogP contribution in [-0.4, -0.2) is 28.5 Å². The normalized spacial score (nSPS) is 11.7. The molecule has 2 N–H and O–H groups in total. The summed E-state index contributed by atoms with van der Waals surface area (Å²) in [6.45, 7) is 4.39. The molecule has 3 amide bonds. The van der Waals surface area contributed by atoms with Crippen molar-refractivity contribution in [1.29, 1.82) is 0 Å². The number of nitrogens with zero attached hydrogens (tertiary/aromatic N) is 2. The number of amides is 3. The second-order valence-corrected chi connectivity index (χ2v) is 6.83. The van der Waals surface area contributed by atoms with Crippen LogP contribution in [0.4, 0.5) is 4.79 Å². The van der Waals surface area contributed by atoms with Crippen LogP contribution in [0.5, 0.6) is 0 Å². The number of allylic oxidation sites excluding steroid dienone is 1. The van der Waals surface area contributed by atoms with Gasteiger partial charge >= 0.3 is 6.03 Å². The van der Waals surface area contributed by atoms with Crippen LogP contribution in [0.1, 0.15) is 10.8 Å². The van der Waals surface area contributed by atoms with Crippen LogP contribution in [0.25, 0.3) is 11.0 Å². The summed E-state index contributed by atoms with van der Waals surface area (Å²) in [4.78, 5) is 29.1. The summed E-state index contributed by atoms with van der Waals surface area (Å²) in [6.07, 6.45) is 1.79. The Labute approximate surface area is 161 Å². The molecule has 0 saturated carbocycles. The molecule has 3 rings (SSSR count). The molecule has 0 saturated heterocycles. The second-order valence-electron chi connectivity index (χ2n) is 5.76. The van der Waals surface area contributed by atoms with Gasteiger partial charge in [-0.1, -0.05) is 60.3 Å². The minimum absolute atomic E-state index is 0.400. The molecule has 0 radical (unpaired) electrons. The maximum atomic E-state index is 12.8. The fourth-order valence-corrected chi connectivity index (χ4v) is 3.82. The van der Waals surface area contributed by atoms with Crippen molar-refractivity contribution in [3.05, 3.63) is 72.8 Å². The predicted octanol–water partition coefficient (Wildman–Crippen LogP) is 3.51. The van der Waals surface area contributed by atoms with E-state index in [0.717, 1.165) is 16.6 Å². The summed E-state index contributed by atoms with van der Waals surface area (Å²) in [6, 6.07) is 16.6. The molecule has 3 aromatic rings. The number of aromatic nitrogens is 2. The molecule has 0 unspecified atom stereocenters. The molecular formula is C20H20N4O2S. The van der Waals surface area contributed by atoms with Crippen LogP contribution in [0.2, 0.25) is 0 Å². The minimum Gasteiger partial charge on any atom is -0.341 e. The van der Waals surface area contributed by atoms with E-state index < -0.39 is 17.2 Å². The molecular weight excluding hydrogens is 360 g/mol. The van der Waals surface area contributed by atoms with Crippen molar-refractivity contribution < 1.29 is 9.59 Å². The van der Waals surface area contributed by atoms with Crippen molar-refractivity contribution in [3.63, 3.8) is 0 Å². The average Bonchev–Trinajstić information content (AvgIpc) is 3.04. The molecule has 0 fully saturated rings. The largest absolute Gasteiger partial charge is 0.341 e. The Bertz CT molecular complexity index is 969. The molecule has 0 aliphatic rings. The number of para-hydroxylation sites is 2. The van der Waals surface area contributed by atoms with Crippen molar-refractivity contribution in [2.45, 2.75) is 17.0 Å². The van der Waals surface area contributed by atoms with Gasteiger partial charge in [0.15, 0.2) is 5.16 Å². The van der Waals surface area contributed by atoms with Gasteiger partial charge in [-0.3, -0.25) is 10.1 Å². The van der Waals surface area contributed by atoms with E-state index in [1.807, 2.05) is 59.2 Å². The summed E-state index contributed by atoms with van der Waals surface area (Å²) in [5.41, 5.74) is 2.61. The maximum Gasteiger partial charge on any atom is 0.321 e. The lowest BCUT2D eigenvalue weighted by molar-refractivity contribution is -0.119. The highest BCUT2D eigenvalue weighted by Gasteiger charge is 2.26. The zero-order valence-electron chi connectivity index (χ0n) is 14.9. The molecule has 1 heterocycles. The lowest BCUT2D eigenvalue weighted by atomic mass is 10.1. The van der Waals surface area contributed by atoms with E-state index in [2.05, 4.69) is 22.2 Å². The Hall–Kier alpha value is -3.06. The zero-order chi connectivity index (χ0) is 19.2. The Kier molecular flexibility index (Phi) is 5.93. The topological polar surface area (TPSA) is 76.0 Å². The third kappa shape index (κ3) is 4.20. The minimum atomic E-state index is -0.621. The van der Waals surface area contributed by atoms with E-state index in [1.165, 1.54) is 18.8 Å². The van der Waals surface area contributed by atoms with Gasteiger partial charge in [0, 0.05) is 13.6 Å². The highest BCUT2D eigenvalue weighted by atomic mass is 32.2. The SMILES string of the molecule is C=CCn1c(S[C@H](C(=O)NC(=O)NC)c2ccccc2)nc2ccccc21. The molecule has 1 atom stereocenters. The van der Waals surface area contributed by atoms with E-state index in [9.17, 15) is 9.59 Å². The van der Waals surface area contributed by atoms with Crippen LogP contribution < -0.4 is 10.6 Å². The maximum absolute atomic E-state index is 12.8. The van der Waals surface area contributed by atoms with Gasteiger partial charge in [-0.15, -0.1) is 6.58 Å². The number of urea groups is 1. The van der Waals surface area contributed by atoms with E-state index in [-0.39, 0.29) is 0 Å². The average molecular weight is 380 g/mol. The molecule has 138 valence electrons. The van der Waals surface area contributed by atoms with Gasteiger partial charge in [0.1, 0.15) is 5.25 Å². The Morgan fingerprint density at radius 2 is 1.89 bits per heavy atom. The number of nitrogens with one attached hydrogen (secondary N) is 2. The van der Waals surface area contributed by atoms with Gasteiger partial charge in [-0.2, -0.15) is 0 Å². The Morgan fingerprint density at radius 3 is 2.59 bits per heavy atom. The number of fused-ring (bicyclic) bond motifs is 1.